The molecule has 0 spiro atoms. The number of nitrogens with zero attached hydrogens (tertiary/aromatic N) is 2. The zero-order chi connectivity index (χ0) is 16.0. The van der Waals surface area contributed by atoms with Crippen LogP contribution in [0.5, 0.6) is 0 Å². The molecule has 120 valence electrons. The largest absolute Gasteiger partial charge is 0.343 e. The van der Waals surface area contributed by atoms with Crippen molar-refractivity contribution in [3.8, 4) is 0 Å². The molecule has 1 rings (SSSR count). The molecular formula is C15H27N3O3. The summed E-state index contributed by atoms with van der Waals surface area (Å²) in [5, 5.41) is 3.05. The molecular weight excluding hydrogens is 270 g/mol. The number of carbonyl (C=O) groups is 3. The first-order chi connectivity index (χ1) is 9.96. The summed E-state index contributed by atoms with van der Waals surface area (Å²) >= 11 is 0. The second kappa shape index (κ2) is 8.12. The molecule has 0 aromatic carbocycles. The average molecular weight is 297 g/mol. The lowest BCUT2D eigenvalue weighted by atomic mass is 10.2. The van der Waals surface area contributed by atoms with E-state index in [0.717, 1.165) is 6.42 Å². The van der Waals surface area contributed by atoms with E-state index in [9.17, 15) is 14.4 Å². The van der Waals surface area contributed by atoms with Crippen LogP contribution in [0, 0.1) is 0 Å². The number of carbonyl (C=O) groups excluding carboxylic acids is 3. The molecule has 1 aliphatic heterocycles. The first kappa shape index (κ1) is 17.6. The van der Waals surface area contributed by atoms with Crippen LogP contribution in [0.1, 0.15) is 47.0 Å². The highest BCUT2D eigenvalue weighted by Crippen LogP contribution is 2.17. The van der Waals surface area contributed by atoms with Gasteiger partial charge in [-0.3, -0.25) is 19.3 Å². The summed E-state index contributed by atoms with van der Waals surface area (Å²) in [5.74, 6) is -0.213. The van der Waals surface area contributed by atoms with Crippen LogP contribution in [-0.2, 0) is 14.4 Å². The van der Waals surface area contributed by atoms with E-state index in [4.69, 9.17) is 0 Å². The van der Waals surface area contributed by atoms with E-state index in [1.165, 1.54) is 4.90 Å². The van der Waals surface area contributed by atoms with Crippen molar-refractivity contribution in [3.63, 3.8) is 0 Å². The maximum absolute atomic E-state index is 12.2. The Hall–Kier alpha value is -1.43. The Morgan fingerprint density at radius 1 is 1.33 bits per heavy atom. The zero-order valence-electron chi connectivity index (χ0n) is 13.5. The van der Waals surface area contributed by atoms with E-state index in [1.54, 1.807) is 4.90 Å². The molecule has 0 radical (unpaired) electrons. The Morgan fingerprint density at radius 3 is 2.48 bits per heavy atom. The summed E-state index contributed by atoms with van der Waals surface area (Å²) in [6.07, 6.45) is 1.30. The molecule has 6 nitrogen and oxygen atoms in total. The van der Waals surface area contributed by atoms with Gasteiger partial charge in [0.2, 0.25) is 17.7 Å². The number of nitrogens with one attached hydrogen (secondary N) is 1. The fourth-order valence-electron chi connectivity index (χ4n) is 2.54. The topological polar surface area (TPSA) is 69.7 Å². The smallest absolute Gasteiger partial charge is 0.247 e. The molecule has 2 atom stereocenters. The summed E-state index contributed by atoms with van der Waals surface area (Å²) in [5.41, 5.74) is 0. The predicted octanol–water partition coefficient (Wildman–Crippen LogP) is 0.761. The number of likely N-dealkylation sites (tertiary alicyclic amines) is 1. The van der Waals surface area contributed by atoms with Crippen molar-refractivity contribution >= 4 is 17.7 Å². The first-order valence-corrected chi connectivity index (χ1v) is 7.83. The monoisotopic (exact) mass is 297 g/mol. The number of hydrogen-bond donors (Lipinski definition) is 1. The molecule has 21 heavy (non-hydrogen) atoms. The fourth-order valence-corrected chi connectivity index (χ4v) is 2.54. The number of rotatable bonds is 8. The van der Waals surface area contributed by atoms with Gasteiger partial charge in [-0.1, -0.05) is 6.92 Å². The first-order valence-electron chi connectivity index (χ1n) is 7.83. The Balaban J connectivity index is 2.45. The van der Waals surface area contributed by atoms with Crippen molar-refractivity contribution in [1.82, 2.24) is 15.1 Å². The molecule has 1 saturated heterocycles. The summed E-state index contributed by atoms with van der Waals surface area (Å²) in [4.78, 5) is 39.0. The molecule has 0 aromatic rings. The van der Waals surface area contributed by atoms with Crippen LogP contribution in [0.3, 0.4) is 0 Å². The molecule has 2 unspecified atom stereocenters. The summed E-state index contributed by atoms with van der Waals surface area (Å²) < 4.78 is 0. The van der Waals surface area contributed by atoms with Gasteiger partial charge in [0, 0.05) is 32.1 Å². The van der Waals surface area contributed by atoms with Crippen LogP contribution in [0.15, 0.2) is 0 Å². The maximum atomic E-state index is 12.2. The van der Waals surface area contributed by atoms with Gasteiger partial charge in [-0.15, -0.1) is 0 Å². The highest BCUT2D eigenvalue weighted by molar-refractivity contribution is 6.05. The number of imide groups is 1. The summed E-state index contributed by atoms with van der Waals surface area (Å²) in [7, 11) is 0. The third kappa shape index (κ3) is 4.27. The third-order valence-corrected chi connectivity index (χ3v) is 4.06. The van der Waals surface area contributed by atoms with E-state index in [2.05, 4.69) is 5.32 Å². The van der Waals surface area contributed by atoms with Crippen molar-refractivity contribution < 1.29 is 14.4 Å². The summed E-state index contributed by atoms with van der Waals surface area (Å²) in [6.45, 7) is 9.52. The molecule has 1 N–H and O–H groups in total. The normalized spacial score (nSPS) is 20.0. The molecule has 0 bridgehead atoms. The second-order valence-corrected chi connectivity index (χ2v) is 5.39. The SMILES string of the molecule is CCC(C)N1C(=O)CC(NCCC(=O)N(CC)CC)C1=O. The van der Waals surface area contributed by atoms with Crippen molar-refractivity contribution in [2.24, 2.45) is 0 Å². The van der Waals surface area contributed by atoms with Gasteiger partial charge in [-0.2, -0.15) is 0 Å². The Morgan fingerprint density at radius 2 is 1.95 bits per heavy atom. The van der Waals surface area contributed by atoms with Crippen LogP contribution in [0.25, 0.3) is 0 Å². The zero-order valence-corrected chi connectivity index (χ0v) is 13.5. The second-order valence-electron chi connectivity index (χ2n) is 5.39. The highest BCUT2D eigenvalue weighted by Gasteiger charge is 2.40. The van der Waals surface area contributed by atoms with E-state index in [-0.39, 0.29) is 30.2 Å². The maximum Gasteiger partial charge on any atom is 0.247 e. The Labute approximate surface area is 126 Å². The van der Waals surface area contributed by atoms with Crippen LogP contribution in [0.4, 0.5) is 0 Å². The highest BCUT2D eigenvalue weighted by atomic mass is 16.2. The molecule has 1 aliphatic rings. The molecule has 1 fully saturated rings. The average Bonchev–Trinajstić information content (AvgIpc) is 2.74. The van der Waals surface area contributed by atoms with E-state index in [1.807, 2.05) is 27.7 Å². The lowest BCUT2D eigenvalue weighted by Gasteiger charge is -2.22. The molecule has 0 saturated carbocycles. The molecule has 1 heterocycles. The summed E-state index contributed by atoms with van der Waals surface area (Å²) in [6, 6.07) is -0.537. The molecule has 0 aliphatic carbocycles. The lowest BCUT2D eigenvalue weighted by Crippen LogP contribution is -2.43. The van der Waals surface area contributed by atoms with E-state index in [0.29, 0.717) is 26.1 Å². The minimum atomic E-state index is -0.476. The fraction of sp³-hybridized carbons (Fsp3) is 0.800. The van der Waals surface area contributed by atoms with Crippen LogP contribution >= 0.6 is 0 Å². The third-order valence-electron chi connectivity index (χ3n) is 4.06. The quantitative estimate of drug-likeness (QED) is 0.672. The van der Waals surface area contributed by atoms with Crippen molar-refractivity contribution in [2.75, 3.05) is 19.6 Å². The van der Waals surface area contributed by atoms with Crippen LogP contribution < -0.4 is 5.32 Å². The minimum absolute atomic E-state index is 0.0610. The molecule has 6 heteroatoms. The molecule has 0 aromatic heterocycles. The predicted molar refractivity (Wildman–Crippen MR) is 80.6 cm³/mol. The van der Waals surface area contributed by atoms with Crippen LogP contribution in [0.2, 0.25) is 0 Å². The van der Waals surface area contributed by atoms with Gasteiger partial charge >= 0.3 is 0 Å². The van der Waals surface area contributed by atoms with Crippen LogP contribution in [-0.4, -0.2) is 59.2 Å². The number of amides is 3. The van der Waals surface area contributed by atoms with Gasteiger partial charge < -0.3 is 10.2 Å². The lowest BCUT2D eigenvalue weighted by molar-refractivity contribution is -0.141. The Kier molecular flexibility index (Phi) is 6.81. The van der Waals surface area contributed by atoms with Gasteiger partial charge in [0.1, 0.15) is 0 Å². The van der Waals surface area contributed by atoms with Gasteiger partial charge in [-0.05, 0) is 27.2 Å². The van der Waals surface area contributed by atoms with E-state index >= 15 is 0 Å². The molecule has 3 amide bonds. The minimum Gasteiger partial charge on any atom is -0.343 e. The van der Waals surface area contributed by atoms with Gasteiger partial charge in [0.15, 0.2) is 0 Å². The van der Waals surface area contributed by atoms with E-state index < -0.39 is 6.04 Å². The standard InChI is InChI=1S/C15H27N3O3/c1-5-11(4)18-14(20)10-12(15(18)21)16-9-8-13(19)17(6-2)7-3/h11-12,16H,5-10H2,1-4H3. The van der Waals surface area contributed by atoms with Crippen molar-refractivity contribution in [2.45, 2.75) is 59.0 Å². The Bertz CT molecular complexity index is 394. The van der Waals surface area contributed by atoms with Gasteiger partial charge in [0.25, 0.3) is 0 Å². The van der Waals surface area contributed by atoms with Gasteiger partial charge in [0.05, 0.1) is 12.5 Å². The van der Waals surface area contributed by atoms with Crippen molar-refractivity contribution in [3.05, 3.63) is 0 Å². The number of hydrogen-bond acceptors (Lipinski definition) is 4. The van der Waals surface area contributed by atoms with Crippen molar-refractivity contribution in [1.29, 1.82) is 0 Å². The van der Waals surface area contributed by atoms with Gasteiger partial charge in [-0.25, -0.2) is 0 Å².